The minimum absolute atomic E-state index is 0.0309. The molecule has 1 saturated heterocycles. The molecule has 1 fully saturated rings. The number of benzene rings is 2. The first-order chi connectivity index (χ1) is 14.4. The molecule has 3 rings (SSSR count). The summed E-state index contributed by atoms with van der Waals surface area (Å²) in [5, 5.41) is 9.66. The van der Waals surface area contributed by atoms with Crippen molar-refractivity contribution in [3.05, 3.63) is 59.2 Å². The van der Waals surface area contributed by atoms with Gasteiger partial charge < -0.3 is 9.84 Å². The van der Waals surface area contributed by atoms with Gasteiger partial charge in [-0.1, -0.05) is 30.3 Å². The first-order valence-corrected chi connectivity index (χ1v) is 9.15. The number of anilines is 1. The highest BCUT2D eigenvalue weighted by Crippen LogP contribution is 2.47. The van der Waals surface area contributed by atoms with E-state index in [0.29, 0.717) is 11.6 Å². The summed E-state index contributed by atoms with van der Waals surface area (Å²) < 4.78 is 86.5. The van der Waals surface area contributed by atoms with Gasteiger partial charge in [-0.05, 0) is 24.6 Å². The molecule has 1 N–H and O–H groups in total. The zero-order chi connectivity index (χ0) is 23.0. The number of alkyl halides is 6. The molecule has 0 saturated carbocycles. The van der Waals surface area contributed by atoms with E-state index in [1.165, 1.54) is 6.92 Å². The second kappa shape index (κ2) is 8.29. The third-order valence-corrected chi connectivity index (χ3v) is 4.71. The van der Waals surface area contributed by atoms with E-state index >= 15 is 0 Å². The Hall–Kier alpha value is -2.95. The minimum Gasteiger partial charge on any atom is -0.486 e. The number of urea groups is 1. The van der Waals surface area contributed by atoms with E-state index in [1.807, 2.05) is 0 Å². The third kappa shape index (κ3) is 4.87. The quantitative estimate of drug-likeness (QED) is 0.664. The smallest absolute Gasteiger partial charge is 0.420 e. The van der Waals surface area contributed by atoms with Crippen molar-refractivity contribution >= 4 is 11.7 Å². The lowest BCUT2D eigenvalue weighted by Gasteiger charge is -2.26. The van der Waals surface area contributed by atoms with Crippen LogP contribution in [0.15, 0.2) is 42.5 Å². The number of aliphatic hydroxyl groups excluding tert-OH is 1. The topological polar surface area (TPSA) is 53.0 Å². The number of carbonyl (C=O) groups excluding carboxylic acids is 1. The summed E-state index contributed by atoms with van der Waals surface area (Å²) in [4.78, 5) is 14.2. The Labute approximate surface area is 173 Å². The van der Waals surface area contributed by atoms with Crippen LogP contribution in [-0.4, -0.2) is 35.4 Å². The van der Waals surface area contributed by atoms with Gasteiger partial charge in [-0.25, -0.2) is 4.79 Å². The zero-order valence-corrected chi connectivity index (χ0v) is 16.2. The molecule has 2 amide bonds. The predicted molar refractivity (Wildman–Crippen MR) is 98.3 cm³/mol. The molecule has 1 aliphatic heterocycles. The molecule has 11 heteroatoms. The van der Waals surface area contributed by atoms with Crippen LogP contribution in [0.1, 0.15) is 23.6 Å². The average Bonchev–Trinajstić information content (AvgIpc) is 3.06. The third-order valence-electron chi connectivity index (χ3n) is 4.71. The fourth-order valence-corrected chi connectivity index (χ4v) is 3.19. The summed E-state index contributed by atoms with van der Waals surface area (Å²) in [6, 6.07) is 7.59. The van der Waals surface area contributed by atoms with E-state index in [-0.39, 0.29) is 25.8 Å². The number of aliphatic hydroxyl groups is 1. The summed E-state index contributed by atoms with van der Waals surface area (Å²) in [6.45, 7) is 0.613. The molecular weight excluding hydrogens is 430 g/mol. The van der Waals surface area contributed by atoms with Crippen molar-refractivity contribution in [1.29, 1.82) is 0 Å². The lowest BCUT2D eigenvalue weighted by atomic mass is 10.1. The van der Waals surface area contributed by atoms with Crippen LogP contribution in [0.25, 0.3) is 0 Å². The fraction of sp³-hybridized carbons (Fsp3) is 0.350. The molecule has 1 unspecified atom stereocenters. The van der Waals surface area contributed by atoms with Crippen LogP contribution in [0.2, 0.25) is 0 Å². The van der Waals surface area contributed by atoms with Gasteiger partial charge in [-0.3, -0.25) is 9.80 Å². The molecule has 31 heavy (non-hydrogen) atoms. The van der Waals surface area contributed by atoms with Gasteiger partial charge in [-0.2, -0.15) is 26.3 Å². The Kier molecular flexibility index (Phi) is 6.08. The highest BCUT2D eigenvalue weighted by molar-refractivity contribution is 5.96. The minimum atomic E-state index is -5.17. The van der Waals surface area contributed by atoms with Crippen LogP contribution in [0, 0.1) is 0 Å². The van der Waals surface area contributed by atoms with Crippen molar-refractivity contribution in [1.82, 2.24) is 4.90 Å². The Morgan fingerprint density at radius 1 is 1.03 bits per heavy atom. The van der Waals surface area contributed by atoms with Gasteiger partial charge in [0.2, 0.25) is 0 Å². The van der Waals surface area contributed by atoms with Crippen molar-refractivity contribution in [3.8, 4) is 5.75 Å². The van der Waals surface area contributed by atoms with Crippen molar-refractivity contribution in [2.24, 2.45) is 0 Å². The van der Waals surface area contributed by atoms with Crippen LogP contribution in [0.3, 0.4) is 0 Å². The molecule has 1 heterocycles. The normalized spacial score (nSPS) is 16.1. The van der Waals surface area contributed by atoms with Crippen LogP contribution >= 0.6 is 0 Å². The van der Waals surface area contributed by atoms with E-state index < -0.39 is 47.2 Å². The van der Waals surface area contributed by atoms with Gasteiger partial charge >= 0.3 is 18.4 Å². The van der Waals surface area contributed by atoms with E-state index in [0.717, 1.165) is 9.80 Å². The maximum absolute atomic E-state index is 13.7. The summed E-state index contributed by atoms with van der Waals surface area (Å²) >= 11 is 0. The van der Waals surface area contributed by atoms with Gasteiger partial charge in [0.1, 0.15) is 18.4 Å². The maximum Gasteiger partial charge on any atom is 0.420 e. The lowest BCUT2D eigenvalue weighted by molar-refractivity contribution is -0.143. The van der Waals surface area contributed by atoms with Gasteiger partial charge in [0.15, 0.2) is 5.75 Å². The van der Waals surface area contributed by atoms with E-state index in [4.69, 9.17) is 4.74 Å². The largest absolute Gasteiger partial charge is 0.486 e. The number of nitrogens with zero attached hydrogens (tertiary/aromatic N) is 2. The molecular formula is C20H18F6N2O3. The Morgan fingerprint density at radius 2 is 1.68 bits per heavy atom. The van der Waals surface area contributed by atoms with Crippen molar-refractivity contribution < 1.29 is 41.0 Å². The van der Waals surface area contributed by atoms with Crippen LogP contribution < -0.4 is 9.64 Å². The van der Waals surface area contributed by atoms with Crippen molar-refractivity contribution in [2.45, 2.75) is 32.1 Å². The molecule has 0 bridgehead atoms. The van der Waals surface area contributed by atoms with Crippen LogP contribution in [0.4, 0.5) is 36.8 Å². The summed E-state index contributed by atoms with van der Waals surface area (Å²) in [6.07, 6.45) is -11.5. The summed E-state index contributed by atoms with van der Waals surface area (Å²) in [7, 11) is 0. The second-order valence-electron chi connectivity index (χ2n) is 6.90. The molecule has 2 aromatic carbocycles. The first-order valence-electron chi connectivity index (χ1n) is 9.15. The summed E-state index contributed by atoms with van der Waals surface area (Å²) in [5.74, 6) is -0.884. The van der Waals surface area contributed by atoms with Crippen LogP contribution in [-0.2, 0) is 19.0 Å². The number of amides is 2. The number of halogens is 6. The highest BCUT2D eigenvalue weighted by atomic mass is 19.4. The summed E-state index contributed by atoms with van der Waals surface area (Å²) in [5.41, 5.74) is -3.38. The molecule has 1 atom stereocenters. The van der Waals surface area contributed by atoms with Gasteiger partial charge in [0.05, 0.1) is 11.3 Å². The number of hydrogen-bond acceptors (Lipinski definition) is 3. The predicted octanol–water partition coefficient (Wildman–Crippen LogP) is 4.88. The SMILES string of the molecule is CC(O)N1CCN(c2cc(C(F)(F)F)cc(C(F)(F)F)c2OCc2ccccc2)C1=O. The van der Waals surface area contributed by atoms with Crippen LogP contribution in [0.5, 0.6) is 5.75 Å². The number of rotatable bonds is 5. The molecule has 2 aromatic rings. The van der Waals surface area contributed by atoms with Gasteiger partial charge in [0, 0.05) is 13.1 Å². The second-order valence-corrected chi connectivity index (χ2v) is 6.90. The lowest BCUT2D eigenvalue weighted by Crippen LogP contribution is -2.38. The fourth-order valence-electron chi connectivity index (χ4n) is 3.19. The maximum atomic E-state index is 13.7. The number of carbonyl (C=O) groups is 1. The van der Waals surface area contributed by atoms with Crippen molar-refractivity contribution in [2.75, 3.05) is 18.0 Å². The molecule has 0 aromatic heterocycles. The molecule has 5 nitrogen and oxygen atoms in total. The Bertz CT molecular complexity index is 944. The first kappa shape index (κ1) is 22.7. The zero-order valence-electron chi connectivity index (χ0n) is 16.2. The number of ether oxygens (including phenoxy) is 1. The Balaban J connectivity index is 2.14. The molecule has 168 valence electrons. The molecule has 0 radical (unpaired) electrons. The molecule has 1 aliphatic rings. The highest BCUT2D eigenvalue weighted by Gasteiger charge is 2.43. The standard InChI is InChI=1S/C20H18F6N2O3/c1-12(29)27-7-8-28(18(27)30)16-10-14(19(21,22)23)9-15(20(24,25)26)17(16)31-11-13-5-3-2-4-6-13/h2-6,9-10,12,29H,7-8,11H2,1H3. The van der Waals surface area contributed by atoms with Crippen molar-refractivity contribution in [3.63, 3.8) is 0 Å². The Morgan fingerprint density at radius 3 is 2.19 bits per heavy atom. The average molecular weight is 448 g/mol. The monoisotopic (exact) mass is 448 g/mol. The van der Waals surface area contributed by atoms with E-state index in [9.17, 15) is 36.2 Å². The number of hydrogen-bond donors (Lipinski definition) is 1. The van der Waals surface area contributed by atoms with Gasteiger partial charge in [0.25, 0.3) is 0 Å². The molecule has 0 spiro atoms. The van der Waals surface area contributed by atoms with Gasteiger partial charge in [-0.15, -0.1) is 0 Å². The molecule has 0 aliphatic carbocycles. The van der Waals surface area contributed by atoms with E-state index in [2.05, 4.69) is 0 Å². The van der Waals surface area contributed by atoms with E-state index in [1.54, 1.807) is 30.3 Å².